The molecule has 1 heteroatoms. The van der Waals surface area contributed by atoms with Gasteiger partial charge in [0.2, 0.25) is 0 Å². The standard InChI is InChI=1S/C5H7N/c1-5-2-3-6-4-5/h2,4H,3H2,1H3. The summed E-state index contributed by atoms with van der Waals surface area (Å²) in [7, 11) is 0. The molecule has 1 aliphatic heterocycles. The van der Waals surface area contributed by atoms with E-state index in [-0.39, 0.29) is 0 Å². The number of hydrogen-bond acceptors (Lipinski definition) is 1. The Morgan fingerprint density at radius 3 is 2.83 bits per heavy atom. The van der Waals surface area contributed by atoms with Crippen molar-refractivity contribution in [1.82, 2.24) is 0 Å². The van der Waals surface area contributed by atoms with Gasteiger partial charge in [0.25, 0.3) is 0 Å². The lowest BCUT2D eigenvalue weighted by atomic mass is 10.3. The Labute approximate surface area is 37.4 Å². The average Bonchev–Trinajstić information content (AvgIpc) is 1.86. The molecule has 1 aliphatic rings. The molecule has 0 spiro atoms. The molecule has 1 nitrogen and oxygen atoms in total. The highest BCUT2D eigenvalue weighted by Gasteiger charge is 1.85. The number of hydrogen-bond donors (Lipinski definition) is 0. The van der Waals surface area contributed by atoms with E-state index in [1.54, 1.807) is 0 Å². The van der Waals surface area contributed by atoms with Gasteiger partial charge >= 0.3 is 0 Å². The molecule has 1 rings (SSSR count). The summed E-state index contributed by atoms with van der Waals surface area (Å²) in [6.45, 7) is 2.95. The zero-order valence-corrected chi connectivity index (χ0v) is 3.81. The molecule has 0 aliphatic carbocycles. The molecule has 32 valence electrons. The molecule has 6 heavy (non-hydrogen) atoms. The zero-order chi connectivity index (χ0) is 4.41. The summed E-state index contributed by atoms with van der Waals surface area (Å²) in [6.07, 6.45) is 3.99. The summed E-state index contributed by atoms with van der Waals surface area (Å²) < 4.78 is 0. The van der Waals surface area contributed by atoms with Crippen molar-refractivity contribution in [1.29, 1.82) is 0 Å². The van der Waals surface area contributed by atoms with Crippen molar-refractivity contribution in [2.24, 2.45) is 4.99 Å². The number of rotatable bonds is 0. The third-order valence-corrected chi connectivity index (χ3v) is 0.814. The maximum atomic E-state index is 3.95. The van der Waals surface area contributed by atoms with Gasteiger partial charge in [-0.3, -0.25) is 4.99 Å². The van der Waals surface area contributed by atoms with Crippen molar-refractivity contribution < 1.29 is 0 Å². The lowest BCUT2D eigenvalue weighted by Gasteiger charge is -1.69. The first-order valence-electron chi connectivity index (χ1n) is 2.06. The summed E-state index contributed by atoms with van der Waals surface area (Å²) in [6, 6.07) is 0. The minimum atomic E-state index is 0.895. The molecular weight excluding hydrogens is 74.1 g/mol. The second-order valence-electron chi connectivity index (χ2n) is 1.44. The van der Waals surface area contributed by atoms with Crippen molar-refractivity contribution in [2.75, 3.05) is 6.54 Å². The van der Waals surface area contributed by atoms with Crippen molar-refractivity contribution in [3.05, 3.63) is 11.6 Å². The Bertz CT molecular complexity index is 97.8. The van der Waals surface area contributed by atoms with Gasteiger partial charge in [0, 0.05) is 6.21 Å². The van der Waals surface area contributed by atoms with Crippen LogP contribution in [0.15, 0.2) is 16.6 Å². The topological polar surface area (TPSA) is 12.4 Å². The largest absolute Gasteiger partial charge is 0.289 e. The van der Waals surface area contributed by atoms with Crippen LogP contribution in [0.2, 0.25) is 0 Å². The van der Waals surface area contributed by atoms with Crippen LogP contribution in [-0.2, 0) is 0 Å². The molecule has 0 aromatic carbocycles. The molecule has 0 saturated heterocycles. The highest BCUT2D eigenvalue weighted by Crippen LogP contribution is 1.93. The highest BCUT2D eigenvalue weighted by molar-refractivity contribution is 5.79. The van der Waals surface area contributed by atoms with Gasteiger partial charge in [-0.2, -0.15) is 0 Å². The molecule has 1 heterocycles. The Balaban J connectivity index is 2.68. The van der Waals surface area contributed by atoms with Crippen LogP contribution in [0.1, 0.15) is 6.92 Å². The monoisotopic (exact) mass is 81.1 g/mol. The van der Waals surface area contributed by atoms with Gasteiger partial charge in [0.1, 0.15) is 0 Å². The van der Waals surface area contributed by atoms with E-state index in [1.165, 1.54) is 5.57 Å². The summed E-state index contributed by atoms with van der Waals surface area (Å²) in [5, 5.41) is 0. The smallest absolute Gasteiger partial charge is 0.0576 e. The van der Waals surface area contributed by atoms with Crippen LogP contribution in [0.4, 0.5) is 0 Å². The first-order chi connectivity index (χ1) is 2.89. The van der Waals surface area contributed by atoms with Gasteiger partial charge < -0.3 is 0 Å². The molecule has 0 aromatic rings. The molecule has 0 amide bonds. The van der Waals surface area contributed by atoms with Crippen molar-refractivity contribution in [2.45, 2.75) is 6.92 Å². The minimum Gasteiger partial charge on any atom is -0.289 e. The Hall–Kier alpha value is -0.590. The van der Waals surface area contributed by atoms with Gasteiger partial charge in [-0.15, -0.1) is 0 Å². The number of aliphatic imine (C=N–C) groups is 1. The van der Waals surface area contributed by atoms with E-state index in [0.29, 0.717) is 0 Å². The molecule has 0 atom stereocenters. The van der Waals surface area contributed by atoms with E-state index < -0.39 is 0 Å². The van der Waals surface area contributed by atoms with Crippen LogP contribution in [0.5, 0.6) is 0 Å². The normalized spacial score (nSPS) is 18.5. The number of nitrogens with zero attached hydrogens (tertiary/aromatic N) is 1. The molecule has 0 fully saturated rings. The first-order valence-corrected chi connectivity index (χ1v) is 2.06. The van der Waals surface area contributed by atoms with E-state index in [9.17, 15) is 0 Å². The van der Waals surface area contributed by atoms with E-state index in [4.69, 9.17) is 0 Å². The van der Waals surface area contributed by atoms with Crippen LogP contribution in [0.25, 0.3) is 0 Å². The molecule has 0 saturated carbocycles. The lowest BCUT2D eigenvalue weighted by molar-refractivity contribution is 1.29. The molecule has 0 aromatic heterocycles. The predicted octanol–water partition coefficient (Wildman–Crippen LogP) is 1.02. The Kier molecular flexibility index (Phi) is 0.748. The van der Waals surface area contributed by atoms with Crippen LogP contribution < -0.4 is 0 Å². The second kappa shape index (κ2) is 1.25. The van der Waals surface area contributed by atoms with Gasteiger partial charge in [-0.1, -0.05) is 6.08 Å². The van der Waals surface area contributed by atoms with Crippen molar-refractivity contribution in [3.63, 3.8) is 0 Å². The predicted molar refractivity (Wildman–Crippen MR) is 27.1 cm³/mol. The average molecular weight is 81.1 g/mol. The second-order valence-corrected chi connectivity index (χ2v) is 1.44. The van der Waals surface area contributed by atoms with Crippen LogP contribution in [-0.4, -0.2) is 12.8 Å². The Morgan fingerprint density at radius 2 is 2.67 bits per heavy atom. The van der Waals surface area contributed by atoms with Gasteiger partial charge in [0.05, 0.1) is 6.54 Å². The summed E-state index contributed by atoms with van der Waals surface area (Å²) >= 11 is 0. The van der Waals surface area contributed by atoms with Gasteiger partial charge in [0.15, 0.2) is 0 Å². The maximum Gasteiger partial charge on any atom is 0.0576 e. The summed E-state index contributed by atoms with van der Waals surface area (Å²) in [5.41, 5.74) is 1.29. The minimum absolute atomic E-state index is 0.895. The molecule has 0 bridgehead atoms. The zero-order valence-electron chi connectivity index (χ0n) is 3.81. The van der Waals surface area contributed by atoms with E-state index in [0.717, 1.165) is 6.54 Å². The van der Waals surface area contributed by atoms with Crippen LogP contribution in [0, 0.1) is 0 Å². The molecule has 0 N–H and O–H groups in total. The fraction of sp³-hybridized carbons (Fsp3) is 0.400. The van der Waals surface area contributed by atoms with E-state index >= 15 is 0 Å². The van der Waals surface area contributed by atoms with Gasteiger partial charge in [-0.05, 0) is 12.5 Å². The Morgan fingerprint density at radius 1 is 1.83 bits per heavy atom. The molecule has 0 radical (unpaired) electrons. The van der Waals surface area contributed by atoms with E-state index in [2.05, 4.69) is 18.0 Å². The first kappa shape index (κ1) is 3.59. The molecule has 0 unspecified atom stereocenters. The van der Waals surface area contributed by atoms with Crippen LogP contribution >= 0.6 is 0 Å². The fourth-order valence-electron chi connectivity index (χ4n) is 0.446. The SMILES string of the molecule is CC1=CCN=C1. The quantitative estimate of drug-likeness (QED) is 0.413. The van der Waals surface area contributed by atoms with Crippen molar-refractivity contribution in [3.8, 4) is 0 Å². The summed E-state index contributed by atoms with van der Waals surface area (Å²) in [4.78, 5) is 3.95. The fourth-order valence-corrected chi connectivity index (χ4v) is 0.446. The summed E-state index contributed by atoms with van der Waals surface area (Å²) in [5.74, 6) is 0. The third kappa shape index (κ3) is 0.482. The van der Waals surface area contributed by atoms with Crippen molar-refractivity contribution >= 4 is 6.21 Å². The lowest BCUT2D eigenvalue weighted by Crippen LogP contribution is -1.63. The highest BCUT2D eigenvalue weighted by atomic mass is 14.7. The van der Waals surface area contributed by atoms with Crippen LogP contribution in [0.3, 0.4) is 0 Å². The number of allylic oxidation sites excluding steroid dienone is 1. The third-order valence-electron chi connectivity index (χ3n) is 0.814. The molecular formula is C5H7N. The van der Waals surface area contributed by atoms with E-state index in [1.807, 2.05) is 6.21 Å². The van der Waals surface area contributed by atoms with Gasteiger partial charge in [-0.25, -0.2) is 0 Å². The maximum absolute atomic E-state index is 3.95.